The van der Waals surface area contributed by atoms with Crippen LogP contribution in [0, 0.1) is 50.2 Å². The number of aldehydes is 1. The van der Waals surface area contributed by atoms with Gasteiger partial charge in [-0.25, -0.2) is 4.79 Å². The molecule has 3 aliphatic heterocycles. The van der Waals surface area contributed by atoms with Crippen LogP contribution in [0.2, 0.25) is 0 Å². The second kappa shape index (κ2) is 18.1. The smallest absolute Gasteiger partial charge is 0.335 e. The van der Waals surface area contributed by atoms with Crippen LogP contribution in [0.3, 0.4) is 0 Å². The largest absolute Gasteiger partial charge is 0.479 e. The maximum Gasteiger partial charge on any atom is 0.335 e. The molecule has 8 aliphatic rings. The summed E-state index contributed by atoms with van der Waals surface area (Å²) in [7, 11) is 0. The average Bonchev–Trinajstić information content (AvgIpc) is 3.26. The Bertz CT molecular complexity index is 1860. The van der Waals surface area contributed by atoms with Crippen LogP contribution in [0.15, 0.2) is 11.6 Å². The Hall–Kier alpha value is -1.76. The predicted octanol–water partition coefficient (Wildman–Crippen LogP) is -0.116. The topological polar surface area (TPSA) is 312 Å². The van der Waals surface area contributed by atoms with Gasteiger partial charge in [-0.1, -0.05) is 60.1 Å². The number of hydrogen-bond acceptors (Lipinski definition) is 18. The van der Waals surface area contributed by atoms with Crippen LogP contribution in [0.5, 0.6) is 0 Å². The maximum atomic E-state index is 13.0. The number of aliphatic carboxylic acids is 1. The van der Waals surface area contributed by atoms with Gasteiger partial charge in [-0.15, -0.1) is 0 Å². The van der Waals surface area contributed by atoms with Crippen molar-refractivity contribution in [1.29, 1.82) is 0 Å². The van der Waals surface area contributed by atoms with E-state index in [2.05, 4.69) is 54.5 Å². The van der Waals surface area contributed by atoms with Crippen molar-refractivity contribution in [1.82, 2.24) is 0 Å². The van der Waals surface area contributed by atoms with Gasteiger partial charge in [0.2, 0.25) is 0 Å². The van der Waals surface area contributed by atoms with E-state index in [1.165, 1.54) is 5.57 Å². The molecule has 11 N–H and O–H groups in total. The first-order valence-corrected chi connectivity index (χ1v) is 24.3. The van der Waals surface area contributed by atoms with Crippen molar-refractivity contribution in [3.63, 3.8) is 0 Å². The van der Waals surface area contributed by atoms with Gasteiger partial charge in [-0.2, -0.15) is 0 Å². The molecule has 0 bridgehead atoms. The molecule has 8 rings (SSSR count). The Kier molecular flexibility index (Phi) is 13.9. The molecule has 3 heterocycles. The van der Waals surface area contributed by atoms with Crippen LogP contribution in [0.25, 0.3) is 0 Å². The standard InChI is InChI=1S/C48H76O19/c1-43(2)14-15-48(20-51)22(16-43)21-8-9-26-45(5)12-11-28(44(3,4)25(45)10-13-46(26,6)47(21,7)17-27(48)52)64-42-38(67-41-34(58)32(56)30(54)24(19-50)63-41)36(35(59)37(66-42)39(60)61)65-40-33(57)31(55)29(53)23(18-49)62-40/h8,20,22-38,40-42,49-50,52-59H,9-19H2,1-7H3,(H,60,61)/t22-,23+,24+,25-,26+,27-,28-,29+,30+,31-,32-,33+,34+,35-,36-,37-,38+,40-,41-,42+,45-,46+,47+,48+/m0/s1. The summed E-state index contributed by atoms with van der Waals surface area (Å²) in [5.41, 5.74) is -0.987. The normalized spacial score (nSPS) is 53.8. The fraction of sp³-hybridized carbons (Fsp3) is 0.917. The van der Waals surface area contributed by atoms with E-state index in [1.54, 1.807) is 0 Å². The van der Waals surface area contributed by atoms with Crippen LogP contribution < -0.4 is 0 Å². The maximum absolute atomic E-state index is 13.0. The number of rotatable bonds is 10. The summed E-state index contributed by atoms with van der Waals surface area (Å²) < 4.78 is 36.4. The van der Waals surface area contributed by atoms with E-state index in [-0.39, 0.29) is 39.4 Å². The summed E-state index contributed by atoms with van der Waals surface area (Å²) in [5.74, 6) is -1.48. The molecule has 0 radical (unpaired) electrons. The lowest BCUT2D eigenvalue weighted by atomic mass is 9.33. The van der Waals surface area contributed by atoms with Gasteiger partial charge in [-0.05, 0) is 103 Å². The molecule has 19 nitrogen and oxygen atoms in total. The number of carboxylic acid groups (broad SMARTS) is 1. The zero-order valence-electron chi connectivity index (χ0n) is 39.7. The van der Waals surface area contributed by atoms with Gasteiger partial charge in [0.05, 0.1) is 30.8 Å². The van der Waals surface area contributed by atoms with Crippen LogP contribution in [-0.2, 0) is 38.0 Å². The lowest BCUT2D eigenvalue weighted by molar-refractivity contribution is -0.396. The molecule has 24 atom stereocenters. The highest BCUT2D eigenvalue weighted by Crippen LogP contribution is 2.75. The fourth-order valence-corrected chi connectivity index (χ4v) is 15.1. The fourth-order valence-electron chi connectivity index (χ4n) is 15.1. The molecule has 3 saturated heterocycles. The first-order valence-electron chi connectivity index (χ1n) is 24.3. The molecule has 0 aromatic rings. The van der Waals surface area contributed by atoms with E-state index in [9.17, 15) is 65.8 Å². The number of carbonyl (C=O) groups is 2. The zero-order valence-corrected chi connectivity index (χ0v) is 39.7. The van der Waals surface area contributed by atoms with Crippen LogP contribution >= 0.6 is 0 Å². The van der Waals surface area contributed by atoms with Crippen molar-refractivity contribution in [3.05, 3.63) is 11.6 Å². The van der Waals surface area contributed by atoms with Gasteiger partial charge in [0, 0.05) is 0 Å². The molecular formula is C48H76O19. The number of fused-ring (bicyclic) bond motifs is 7. The third-order valence-electron chi connectivity index (χ3n) is 19.3. The van der Waals surface area contributed by atoms with Crippen LogP contribution in [0.4, 0.5) is 0 Å². The molecule has 0 aromatic carbocycles. The summed E-state index contributed by atoms with van der Waals surface area (Å²) in [5, 5.41) is 118. The van der Waals surface area contributed by atoms with Crippen molar-refractivity contribution in [2.24, 2.45) is 50.2 Å². The second-order valence-electron chi connectivity index (χ2n) is 23.5. The zero-order chi connectivity index (χ0) is 49.1. The van der Waals surface area contributed by atoms with E-state index >= 15 is 0 Å². The van der Waals surface area contributed by atoms with Crippen LogP contribution in [0.1, 0.15) is 106 Å². The number of carbonyl (C=O) groups excluding carboxylic acids is 1. The molecule has 4 saturated carbocycles. The third-order valence-corrected chi connectivity index (χ3v) is 19.3. The molecule has 0 aromatic heterocycles. The van der Waals surface area contributed by atoms with E-state index in [0.717, 1.165) is 38.4 Å². The number of aliphatic hydroxyl groups excluding tert-OH is 10. The molecule has 5 aliphatic carbocycles. The average molecular weight is 957 g/mol. The predicted molar refractivity (Wildman–Crippen MR) is 231 cm³/mol. The van der Waals surface area contributed by atoms with Gasteiger partial charge in [0.15, 0.2) is 25.0 Å². The molecular weight excluding hydrogens is 881 g/mol. The molecule has 67 heavy (non-hydrogen) atoms. The van der Waals surface area contributed by atoms with Gasteiger partial charge in [0.1, 0.15) is 73.4 Å². The third kappa shape index (κ3) is 8.01. The lowest BCUT2D eigenvalue weighted by Gasteiger charge is -2.71. The Morgan fingerprint density at radius 3 is 1.81 bits per heavy atom. The molecule has 0 amide bonds. The lowest BCUT2D eigenvalue weighted by Crippen LogP contribution is -2.69. The van der Waals surface area contributed by atoms with Crippen molar-refractivity contribution < 1.29 is 94.2 Å². The quantitative estimate of drug-likeness (QED) is 0.0773. The number of aliphatic hydroxyl groups is 10. The first-order chi connectivity index (χ1) is 31.3. The second-order valence-corrected chi connectivity index (χ2v) is 23.5. The van der Waals surface area contributed by atoms with Crippen molar-refractivity contribution in [2.45, 2.75) is 211 Å². The van der Waals surface area contributed by atoms with Gasteiger partial charge < -0.3 is 89.4 Å². The summed E-state index contributed by atoms with van der Waals surface area (Å²) in [6, 6.07) is 0. The molecule has 19 heteroatoms. The van der Waals surface area contributed by atoms with E-state index in [4.69, 9.17) is 28.4 Å². The van der Waals surface area contributed by atoms with Gasteiger partial charge >= 0.3 is 5.97 Å². The minimum atomic E-state index is -2.13. The SMILES string of the molecule is CC1(C)CC[C@]2(C=O)[C@@H](O)C[C@]3(C)C(=CC[C@@H]4[C@@]5(C)CC[C@H](O[C@@H]6O[C@H](C(=O)O)[C@@H](O)[C@H](O[C@@H]7O[C@H](CO)[C@@H](O)[C@H](O)[C@H]7O)[C@H]6O[C@@H]6O[C@H](CO)[C@@H](O)[C@H](O)[C@H]6O)C(C)(C)[C@@H]5CC[C@]43C)[C@@H]2C1. The van der Waals surface area contributed by atoms with Gasteiger partial charge in [-0.3, -0.25) is 0 Å². The summed E-state index contributed by atoms with van der Waals surface area (Å²) >= 11 is 0. The van der Waals surface area contributed by atoms with E-state index in [1.807, 2.05) is 0 Å². The Morgan fingerprint density at radius 2 is 1.25 bits per heavy atom. The highest BCUT2D eigenvalue weighted by atomic mass is 16.8. The summed E-state index contributed by atoms with van der Waals surface area (Å²) in [4.78, 5) is 25.8. The van der Waals surface area contributed by atoms with E-state index < -0.39 is 134 Å². The van der Waals surface area contributed by atoms with Crippen molar-refractivity contribution in [3.8, 4) is 0 Å². The van der Waals surface area contributed by atoms with Crippen LogP contribution in [-0.4, -0.2) is 186 Å². The molecule has 7 fully saturated rings. The molecule has 0 spiro atoms. The number of carboxylic acids is 1. The monoisotopic (exact) mass is 956 g/mol. The summed E-state index contributed by atoms with van der Waals surface area (Å²) in [6.45, 7) is 14.1. The Labute approximate surface area is 391 Å². The number of ether oxygens (including phenoxy) is 6. The highest BCUT2D eigenvalue weighted by Gasteiger charge is 2.70. The number of hydrogen-bond donors (Lipinski definition) is 11. The Balaban J connectivity index is 1.11. The summed E-state index contributed by atoms with van der Waals surface area (Å²) in [6.07, 6.45) is -19.2. The van der Waals surface area contributed by atoms with Crippen molar-refractivity contribution in [2.75, 3.05) is 13.2 Å². The minimum Gasteiger partial charge on any atom is -0.479 e. The van der Waals surface area contributed by atoms with Gasteiger partial charge in [0.25, 0.3) is 0 Å². The minimum absolute atomic E-state index is 0.0232. The molecule has 382 valence electrons. The highest BCUT2D eigenvalue weighted by molar-refractivity contribution is 5.73. The number of allylic oxidation sites excluding steroid dienone is 2. The first kappa shape index (κ1) is 51.6. The van der Waals surface area contributed by atoms with Crippen molar-refractivity contribution >= 4 is 12.3 Å². The van der Waals surface area contributed by atoms with E-state index in [0.29, 0.717) is 25.7 Å². The molecule has 0 unspecified atom stereocenters. The Morgan fingerprint density at radius 1 is 0.672 bits per heavy atom.